The highest BCUT2D eigenvalue weighted by Crippen LogP contribution is 2.32. The summed E-state index contributed by atoms with van der Waals surface area (Å²) in [4.78, 5) is 28.3. The molecule has 242 valence electrons. The number of ether oxygens (including phenoxy) is 2. The van der Waals surface area contributed by atoms with Gasteiger partial charge in [-0.1, -0.05) is 30.1 Å². The number of piperidine rings is 1. The molecule has 1 N–H and O–H groups in total. The first kappa shape index (κ1) is 32.1. The average molecular weight is 666 g/mol. The molecular weight excluding hydrogens is 627 g/mol. The molecule has 4 aromatic rings. The summed E-state index contributed by atoms with van der Waals surface area (Å²) in [6.45, 7) is 9.42. The summed E-state index contributed by atoms with van der Waals surface area (Å²) < 4.78 is 16.6. The van der Waals surface area contributed by atoms with Gasteiger partial charge in [-0.25, -0.2) is 14.8 Å². The van der Waals surface area contributed by atoms with Crippen molar-refractivity contribution in [3.63, 3.8) is 0 Å². The molecule has 2 aliphatic rings. The van der Waals surface area contributed by atoms with Crippen LogP contribution in [0.1, 0.15) is 62.2 Å². The lowest BCUT2D eigenvalue weighted by atomic mass is 9.89. The number of imidazole rings is 2. The van der Waals surface area contributed by atoms with Crippen molar-refractivity contribution in [1.29, 1.82) is 0 Å². The summed E-state index contributed by atoms with van der Waals surface area (Å²) in [6.07, 6.45) is 9.64. The van der Waals surface area contributed by atoms with Crippen molar-refractivity contribution in [3.05, 3.63) is 93.3 Å². The minimum absolute atomic E-state index is 0.0573. The Morgan fingerprint density at radius 3 is 2.76 bits per heavy atom. The molecule has 1 saturated heterocycles. The zero-order valence-corrected chi connectivity index (χ0v) is 27.7. The number of carboxylic acid groups (broad SMARTS) is 1. The second-order valence-electron chi connectivity index (χ2n) is 12.1. The molecule has 12 heteroatoms. The van der Waals surface area contributed by atoms with Crippen LogP contribution in [0.15, 0.2) is 54.6 Å². The first-order chi connectivity index (χ1) is 22.2. The van der Waals surface area contributed by atoms with E-state index in [4.69, 9.17) is 37.7 Å². The molecule has 3 aromatic heterocycles. The summed E-state index contributed by atoms with van der Waals surface area (Å²) in [5.41, 5.74) is 4.07. The van der Waals surface area contributed by atoms with Crippen LogP contribution < -0.4 is 9.47 Å². The molecule has 1 aliphatic heterocycles. The van der Waals surface area contributed by atoms with Gasteiger partial charge in [-0.3, -0.25) is 9.88 Å². The van der Waals surface area contributed by atoms with Crippen molar-refractivity contribution in [1.82, 2.24) is 29.0 Å². The monoisotopic (exact) mass is 664 g/mol. The van der Waals surface area contributed by atoms with Crippen molar-refractivity contribution < 1.29 is 19.4 Å². The Balaban J connectivity index is 1.13. The van der Waals surface area contributed by atoms with Crippen molar-refractivity contribution >= 4 is 35.2 Å². The lowest BCUT2D eigenvalue weighted by molar-refractivity contribution is -0.133. The van der Waals surface area contributed by atoms with E-state index in [0.29, 0.717) is 40.9 Å². The number of aryl methyl sites for hydroxylation is 1. The lowest BCUT2D eigenvalue weighted by Crippen LogP contribution is -2.44. The first-order valence-electron chi connectivity index (χ1n) is 15.6. The fourth-order valence-electron chi connectivity index (χ4n) is 6.31. The molecule has 0 radical (unpaired) electrons. The molecule has 0 amide bonds. The molecule has 1 aromatic carbocycles. The van der Waals surface area contributed by atoms with E-state index in [1.807, 2.05) is 37.7 Å². The topological polar surface area (TPSA) is 108 Å². The van der Waals surface area contributed by atoms with Crippen LogP contribution in [-0.4, -0.2) is 58.8 Å². The molecule has 3 atom stereocenters. The number of carbonyl (C=O) groups is 1. The van der Waals surface area contributed by atoms with Crippen molar-refractivity contribution in [2.24, 2.45) is 5.92 Å². The second-order valence-corrected chi connectivity index (χ2v) is 12.9. The summed E-state index contributed by atoms with van der Waals surface area (Å²) in [5.74, 6) is 1.28. The Morgan fingerprint density at radius 2 is 2.00 bits per heavy atom. The van der Waals surface area contributed by atoms with Crippen LogP contribution in [0.25, 0.3) is 6.08 Å². The van der Waals surface area contributed by atoms with Crippen LogP contribution in [0.4, 0.5) is 0 Å². The number of aliphatic carboxylic acids is 1. The quantitative estimate of drug-likeness (QED) is 0.193. The molecule has 46 heavy (non-hydrogen) atoms. The maximum Gasteiger partial charge on any atom is 0.331 e. The summed E-state index contributed by atoms with van der Waals surface area (Å²) in [6, 6.07) is 9.16. The predicted octanol–water partition coefficient (Wildman–Crippen LogP) is 6.52. The van der Waals surface area contributed by atoms with Gasteiger partial charge in [0.1, 0.15) is 30.0 Å². The number of aromatic nitrogens is 5. The Labute approximate surface area is 278 Å². The third-order valence-corrected chi connectivity index (χ3v) is 9.39. The van der Waals surface area contributed by atoms with Gasteiger partial charge in [0.15, 0.2) is 0 Å². The zero-order valence-electron chi connectivity index (χ0n) is 26.2. The minimum Gasteiger partial charge on any atom is -0.490 e. The SMILES string of the molecule is CCn1cncc1Cn1c(CN2CCC(Oc3ccnc(COc4ccc(Cl)cc4Cl)c3)C[C@@H]2C)nc2c1C=C(C(=O)O)C(C)C2. The number of halogens is 2. The molecule has 4 heterocycles. The number of likely N-dealkylation sites (tertiary alicyclic amines) is 1. The molecule has 6 rings (SSSR count). The van der Waals surface area contributed by atoms with E-state index >= 15 is 0 Å². The van der Waals surface area contributed by atoms with Gasteiger partial charge in [0, 0.05) is 48.2 Å². The molecular formula is C34H38Cl2N6O4. The van der Waals surface area contributed by atoms with Crippen molar-refractivity contribution in [2.45, 2.75) is 78.4 Å². The molecule has 0 saturated carbocycles. The average Bonchev–Trinajstić information content (AvgIpc) is 3.61. The van der Waals surface area contributed by atoms with E-state index in [9.17, 15) is 9.90 Å². The standard InChI is InChI=1S/C34H38Cl2N6O4/c1-4-40-20-37-16-25(40)17-42-31-15-28(34(43)44)21(2)11-30(31)39-33(42)18-41-10-8-27(12-22(41)3)46-26-7-9-38-24(14-26)19-45-32-6-5-23(35)13-29(32)36/h5-7,9,13-16,20-22,27H,4,8,10-12,17-19H2,1-3H3,(H,43,44)/t21?,22-,27?/m0/s1. The van der Waals surface area contributed by atoms with Gasteiger partial charge in [0.2, 0.25) is 0 Å². The van der Waals surface area contributed by atoms with E-state index in [1.54, 1.807) is 24.4 Å². The predicted molar refractivity (Wildman–Crippen MR) is 176 cm³/mol. The van der Waals surface area contributed by atoms with Gasteiger partial charge < -0.3 is 23.7 Å². The highest BCUT2D eigenvalue weighted by atomic mass is 35.5. The van der Waals surface area contributed by atoms with Crippen LogP contribution in [0, 0.1) is 5.92 Å². The van der Waals surface area contributed by atoms with Crippen LogP contribution in [0.2, 0.25) is 10.0 Å². The maximum atomic E-state index is 12.0. The first-order valence-corrected chi connectivity index (χ1v) is 16.4. The van der Waals surface area contributed by atoms with E-state index in [2.05, 4.69) is 37.8 Å². The number of carboxylic acids is 1. The van der Waals surface area contributed by atoms with Crippen molar-refractivity contribution in [3.8, 4) is 11.5 Å². The summed E-state index contributed by atoms with van der Waals surface area (Å²) in [7, 11) is 0. The number of nitrogens with zero attached hydrogens (tertiary/aromatic N) is 6. The minimum atomic E-state index is -0.874. The molecule has 10 nitrogen and oxygen atoms in total. The van der Waals surface area contributed by atoms with Crippen LogP contribution in [0.5, 0.6) is 11.5 Å². The maximum absolute atomic E-state index is 12.0. The van der Waals surface area contributed by atoms with Gasteiger partial charge >= 0.3 is 5.97 Å². The van der Waals surface area contributed by atoms with E-state index in [1.165, 1.54) is 0 Å². The summed E-state index contributed by atoms with van der Waals surface area (Å²) in [5, 5.41) is 10.9. The van der Waals surface area contributed by atoms with E-state index in [0.717, 1.165) is 60.3 Å². The van der Waals surface area contributed by atoms with Crippen LogP contribution in [0.3, 0.4) is 0 Å². The molecule has 1 aliphatic carbocycles. The van der Waals surface area contributed by atoms with Crippen LogP contribution in [-0.2, 0) is 37.5 Å². The van der Waals surface area contributed by atoms with Gasteiger partial charge in [-0.2, -0.15) is 0 Å². The van der Waals surface area contributed by atoms with Gasteiger partial charge in [-0.15, -0.1) is 0 Å². The highest BCUT2D eigenvalue weighted by molar-refractivity contribution is 6.35. The highest BCUT2D eigenvalue weighted by Gasteiger charge is 2.31. The molecule has 0 bridgehead atoms. The largest absolute Gasteiger partial charge is 0.490 e. The Morgan fingerprint density at radius 1 is 1.15 bits per heavy atom. The normalized spacial score (nSPS) is 19.8. The molecule has 2 unspecified atom stereocenters. The van der Waals surface area contributed by atoms with Gasteiger partial charge in [-0.05, 0) is 69.4 Å². The number of hydrogen-bond acceptors (Lipinski definition) is 7. The Hall–Kier alpha value is -3.86. The van der Waals surface area contributed by atoms with Crippen LogP contribution >= 0.6 is 23.2 Å². The third-order valence-electron chi connectivity index (χ3n) is 8.86. The number of fused-ring (bicyclic) bond motifs is 1. The fraction of sp³-hybridized carbons (Fsp3) is 0.412. The number of rotatable bonds is 11. The molecule has 0 spiro atoms. The van der Waals surface area contributed by atoms with E-state index in [-0.39, 0.29) is 24.7 Å². The van der Waals surface area contributed by atoms with Gasteiger partial charge in [0.05, 0.1) is 47.2 Å². The number of benzene rings is 1. The fourth-order valence-corrected chi connectivity index (χ4v) is 6.77. The van der Waals surface area contributed by atoms with E-state index < -0.39 is 5.97 Å². The van der Waals surface area contributed by atoms with Crippen molar-refractivity contribution in [2.75, 3.05) is 6.54 Å². The smallest absolute Gasteiger partial charge is 0.331 e. The number of hydrogen-bond donors (Lipinski definition) is 1. The number of pyridine rings is 1. The molecule has 1 fully saturated rings. The third kappa shape index (κ3) is 7.09. The van der Waals surface area contributed by atoms with Gasteiger partial charge in [0.25, 0.3) is 0 Å². The second kappa shape index (κ2) is 13.9. The lowest BCUT2D eigenvalue weighted by Gasteiger charge is -2.37. The summed E-state index contributed by atoms with van der Waals surface area (Å²) >= 11 is 12.2. The Bertz CT molecular complexity index is 1750. The Kier molecular flexibility index (Phi) is 9.67. The zero-order chi connectivity index (χ0) is 32.4.